The smallest absolute Gasteiger partial charge is 0.0209 e. The molecule has 2 aliphatic carbocycles. The van der Waals surface area contributed by atoms with Crippen LogP contribution in [0.15, 0.2) is 0 Å². The standard InChI is InChI=1S/C13H24N2/c1-10(8-11-2-3-11)14-12-6-7-15(9-12)13-4-5-13/h10-14H,2-9H2,1H3. The molecule has 0 aromatic carbocycles. The van der Waals surface area contributed by atoms with Crippen LogP contribution in [-0.4, -0.2) is 36.1 Å². The summed E-state index contributed by atoms with van der Waals surface area (Å²) in [5.41, 5.74) is 0. The average molecular weight is 208 g/mol. The monoisotopic (exact) mass is 208 g/mol. The van der Waals surface area contributed by atoms with Crippen LogP contribution in [-0.2, 0) is 0 Å². The van der Waals surface area contributed by atoms with Crippen LogP contribution < -0.4 is 5.32 Å². The van der Waals surface area contributed by atoms with Crippen molar-refractivity contribution in [3.63, 3.8) is 0 Å². The van der Waals surface area contributed by atoms with Crippen LogP contribution >= 0.6 is 0 Å². The van der Waals surface area contributed by atoms with Gasteiger partial charge in [-0.25, -0.2) is 0 Å². The van der Waals surface area contributed by atoms with E-state index in [9.17, 15) is 0 Å². The van der Waals surface area contributed by atoms with E-state index in [1.54, 1.807) is 0 Å². The van der Waals surface area contributed by atoms with E-state index in [1.807, 2.05) is 0 Å². The van der Waals surface area contributed by atoms with E-state index < -0.39 is 0 Å². The molecule has 1 aliphatic heterocycles. The Morgan fingerprint density at radius 2 is 2.00 bits per heavy atom. The van der Waals surface area contributed by atoms with Gasteiger partial charge in [-0.1, -0.05) is 12.8 Å². The van der Waals surface area contributed by atoms with Crippen molar-refractivity contribution >= 4 is 0 Å². The summed E-state index contributed by atoms with van der Waals surface area (Å²) in [4.78, 5) is 2.70. The second kappa shape index (κ2) is 4.06. The van der Waals surface area contributed by atoms with E-state index in [0.29, 0.717) is 0 Å². The Labute approximate surface area is 93.4 Å². The second-order valence-corrected chi connectivity index (χ2v) is 5.96. The molecule has 0 aromatic heterocycles. The summed E-state index contributed by atoms with van der Waals surface area (Å²) in [5, 5.41) is 3.82. The molecule has 1 heterocycles. The molecule has 1 N–H and O–H groups in total. The lowest BCUT2D eigenvalue weighted by Crippen LogP contribution is -2.39. The molecule has 1 saturated heterocycles. The van der Waals surface area contributed by atoms with Crippen molar-refractivity contribution in [1.29, 1.82) is 0 Å². The van der Waals surface area contributed by atoms with Crippen molar-refractivity contribution in [2.45, 2.75) is 63.6 Å². The molecule has 0 spiro atoms. The highest BCUT2D eigenvalue weighted by atomic mass is 15.2. The average Bonchev–Trinajstić information content (AvgIpc) is 3.09. The molecule has 2 nitrogen and oxygen atoms in total. The number of rotatable bonds is 5. The lowest BCUT2D eigenvalue weighted by atomic mass is 10.1. The van der Waals surface area contributed by atoms with Crippen LogP contribution in [0.2, 0.25) is 0 Å². The molecule has 0 radical (unpaired) electrons. The maximum absolute atomic E-state index is 3.82. The van der Waals surface area contributed by atoms with Crippen molar-refractivity contribution in [3.8, 4) is 0 Å². The number of nitrogens with one attached hydrogen (secondary N) is 1. The molecule has 15 heavy (non-hydrogen) atoms. The van der Waals surface area contributed by atoms with Crippen LogP contribution in [0.25, 0.3) is 0 Å². The largest absolute Gasteiger partial charge is 0.310 e. The Kier molecular flexibility index (Phi) is 2.73. The fraction of sp³-hybridized carbons (Fsp3) is 1.00. The Balaban J connectivity index is 1.39. The highest BCUT2D eigenvalue weighted by Crippen LogP contribution is 2.34. The van der Waals surface area contributed by atoms with Gasteiger partial charge in [0.2, 0.25) is 0 Å². The first kappa shape index (κ1) is 10.1. The van der Waals surface area contributed by atoms with Crippen molar-refractivity contribution < 1.29 is 0 Å². The minimum absolute atomic E-state index is 0.752. The molecule has 2 atom stereocenters. The van der Waals surface area contributed by atoms with Crippen molar-refractivity contribution in [1.82, 2.24) is 10.2 Å². The molecular weight excluding hydrogens is 184 g/mol. The number of hydrogen-bond acceptors (Lipinski definition) is 2. The molecule has 0 bridgehead atoms. The SMILES string of the molecule is CC(CC1CC1)NC1CCN(C2CC2)C1. The highest BCUT2D eigenvalue weighted by molar-refractivity contribution is 4.92. The Hall–Kier alpha value is -0.0800. The van der Waals surface area contributed by atoms with Gasteiger partial charge in [-0.2, -0.15) is 0 Å². The van der Waals surface area contributed by atoms with Gasteiger partial charge in [-0.3, -0.25) is 4.90 Å². The predicted octanol–water partition coefficient (Wildman–Crippen LogP) is 2.00. The summed E-state index contributed by atoms with van der Waals surface area (Å²) in [7, 11) is 0. The van der Waals surface area contributed by atoms with E-state index in [1.165, 1.54) is 51.6 Å². The minimum Gasteiger partial charge on any atom is -0.310 e. The maximum atomic E-state index is 3.82. The Bertz CT molecular complexity index is 221. The van der Waals surface area contributed by atoms with Gasteiger partial charge in [0.25, 0.3) is 0 Å². The van der Waals surface area contributed by atoms with Gasteiger partial charge in [-0.05, 0) is 38.5 Å². The molecule has 3 aliphatic rings. The zero-order chi connectivity index (χ0) is 10.3. The van der Waals surface area contributed by atoms with Crippen LogP contribution in [0.1, 0.15) is 45.4 Å². The Morgan fingerprint density at radius 3 is 2.67 bits per heavy atom. The number of likely N-dealkylation sites (tertiary alicyclic amines) is 1. The van der Waals surface area contributed by atoms with Crippen LogP contribution in [0.4, 0.5) is 0 Å². The summed E-state index contributed by atoms with van der Waals surface area (Å²) in [5.74, 6) is 1.06. The summed E-state index contributed by atoms with van der Waals surface area (Å²) in [6.45, 7) is 5.04. The summed E-state index contributed by atoms with van der Waals surface area (Å²) in [6, 6.07) is 2.51. The van der Waals surface area contributed by atoms with Crippen molar-refractivity contribution in [3.05, 3.63) is 0 Å². The summed E-state index contributed by atoms with van der Waals surface area (Å²) in [6.07, 6.45) is 8.70. The van der Waals surface area contributed by atoms with Gasteiger partial charge in [0.05, 0.1) is 0 Å². The predicted molar refractivity (Wildman–Crippen MR) is 62.9 cm³/mol. The zero-order valence-corrected chi connectivity index (χ0v) is 9.91. The third-order valence-corrected chi connectivity index (χ3v) is 4.19. The van der Waals surface area contributed by atoms with Gasteiger partial charge in [-0.15, -0.1) is 0 Å². The third kappa shape index (κ3) is 2.73. The van der Waals surface area contributed by atoms with Gasteiger partial charge < -0.3 is 5.32 Å². The zero-order valence-electron chi connectivity index (χ0n) is 9.91. The van der Waals surface area contributed by atoms with E-state index in [-0.39, 0.29) is 0 Å². The quantitative estimate of drug-likeness (QED) is 0.743. The molecule has 0 aromatic rings. The Morgan fingerprint density at radius 1 is 1.20 bits per heavy atom. The minimum atomic E-state index is 0.752. The maximum Gasteiger partial charge on any atom is 0.0209 e. The van der Waals surface area contributed by atoms with Crippen LogP contribution in [0, 0.1) is 5.92 Å². The summed E-state index contributed by atoms with van der Waals surface area (Å²) < 4.78 is 0. The van der Waals surface area contributed by atoms with Gasteiger partial charge in [0.1, 0.15) is 0 Å². The number of hydrogen-bond donors (Lipinski definition) is 1. The molecule has 0 amide bonds. The lowest BCUT2D eigenvalue weighted by molar-refractivity contribution is 0.311. The molecule has 2 unspecified atom stereocenters. The third-order valence-electron chi connectivity index (χ3n) is 4.19. The molecule has 3 fully saturated rings. The van der Waals surface area contributed by atoms with Gasteiger partial charge in [0, 0.05) is 31.2 Å². The molecule has 2 heteroatoms. The first-order valence-corrected chi connectivity index (χ1v) is 6.81. The topological polar surface area (TPSA) is 15.3 Å². The van der Waals surface area contributed by atoms with Gasteiger partial charge in [0.15, 0.2) is 0 Å². The van der Waals surface area contributed by atoms with Crippen molar-refractivity contribution in [2.24, 2.45) is 5.92 Å². The molecular formula is C13H24N2. The molecule has 3 rings (SSSR count). The van der Waals surface area contributed by atoms with Crippen molar-refractivity contribution in [2.75, 3.05) is 13.1 Å². The van der Waals surface area contributed by atoms with E-state index in [4.69, 9.17) is 0 Å². The van der Waals surface area contributed by atoms with E-state index >= 15 is 0 Å². The van der Waals surface area contributed by atoms with Crippen LogP contribution in [0.5, 0.6) is 0 Å². The molecule has 86 valence electrons. The normalized spacial score (nSPS) is 34.6. The first-order valence-electron chi connectivity index (χ1n) is 6.81. The lowest BCUT2D eigenvalue weighted by Gasteiger charge is -2.20. The molecule has 2 saturated carbocycles. The fourth-order valence-electron chi connectivity index (χ4n) is 3.02. The van der Waals surface area contributed by atoms with Crippen LogP contribution in [0.3, 0.4) is 0 Å². The van der Waals surface area contributed by atoms with E-state index in [0.717, 1.165) is 24.0 Å². The number of nitrogens with zero attached hydrogens (tertiary/aromatic N) is 1. The van der Waals surface area contributed by atoms with Gasteiger partial charge >= 0.3 is 0 Å². The first-order chi connectivity index (χ1) is 7.31. The highest BCUT2D eigenvalue weighted by Gasteiger charge is 2.34. The fourth-order valence-corrected chi connectivity index (χ4v) is 3.02. The van der Waals surface area contributed by atoms with E-state index in [2.05, 4.69) is 17.1 Å². The second-order valence-electron chi connectivity index (χ2n) is 5.96. The summed E-state index contributed by atoms with van der Waals surface area (Å²) >= 11 is 0.